The third-order valence-electron chi connectivity index (χ3n) is 1.87. The molecule has 14 heavy (non-hydrogen) atoms. The Morgan fingerprint density at radius 2 is 2.36 bits per heavy atom. The van der Waals surface area contributed by atoms with E-state index in [1.54, 1.807) is 7.11 Å². The summed E-state index contributed by atoms with van der Waals surface area (Å²) in [7, 11) is 1.73. The van der Waals surface area contributed by atoms with Gasteiger partial charge in [0.05, 0.1) is 6.54 Å². The molecule has 1 aromatic rings. The van der Waals surface area contributed by atoms with Gasteiger partial charge in [-0.05, 0) is 40.6 Å². The Morgan fingerprint density at radius 3 is 2.93 bits per heavy atom. The molecule has 0 aliphatic rings. The lowest BCUT2D eigenvalue weighted by Gasteiger charge is -2.10. The molecule has 1 unspecified atom stereocenters. The number of hydrogen-bond acceptors (Lipinski definition) is 3. The average Bonchev–Trinajstić information content (AvgIpc) is 2.52. The van der Waals surface area contributed by atoms with E-state index in [2.05, 4.69) is 34.8 Å². The molecule has 1 aromatic heterocycles. The van der Waals surface area contributed by atoms with Gasteiger partial charge in [0.1, 0.15) is 5.76 Å². The highest BCUT2D eigenvalue weighted by atomic mass is 127. The maximum absolute atomic E-state index is 5.42. The van der Waals surface area contributed by atoms with Gasteiger partial charge in [0.25, 0.3) is 0 Å². The first kappa shape index (κ1) is 12.0. The first-order valence-corrected chi connectivity index (χ1v) is 5.74. The molecule has 0 saturated carbocycles. The Balaban J connectivity index is 2.15. The zero-order valence-corrected chi connectivity index (χ0v) is 10.7. The van der Waals surface area contributed by atoms with Crippen molar-refractivity contribution in [1.29, 1.82) is 0 Å². The molecule has 1 rings (SSSR count). The highest BCUT2D eigenvalue weighted by Gasteiger charge is 2.02. The van der Waals surface area contributed by atoms with Crippen LogP contribution in [0.2, 0.25) is 0 Å². The van der Waals surface area contributed by atoms with E-state index in [9.17, 15) is 0 Å². The van der Waals surface area contributed by atoms with Gasteiger partial charge in [0.15, 0.2) is 3.77 Å². The first-order valence-electron chi connectivity index (χ1n) is 4.66. The van der Waals surface area contributed by atoms with Gasteiger partial charge < -0.3 is 14.5 Å². The molecule has 4 heteroatoms. The quantitative estimate of drug-likeness (QED) is 0.819. The molecule has 1 heterocycles. The molecule has 0 spiro atoms. The summed E-state index contributed by atoms with van der Waals surface area (Å²) in [6.07, 6.45) is 0. The number of methoxy groups -OCH3 is 1. The number of ether oxygens (including phenoxy) is 1. The predicted molar refractivity (Wildman–Crippen MR) is 64.2 cm³/mol. The fourth-order valence-corrected chi connectivity index (χ4v) is 1.69. The fourth-order valence-electron chi connectivity index (χ4n) is 1.23. The highest BCUT2D eigenvalue weighted by molar-refractivity contribution is 14.1. The molecule has 1 N–H and O–H groups in total. The van der Waals surface area contributed by atoms with Crippen molar-refractivity contribution >= 4 is 22.6 Å². The van der Waals surface area contributed by atoms with E-state index in [1.807, 2.05) is 12.1 Å². The molecule has 0 aliphatic carbocycles. The van der Waals surface area contributed by atoms with E-state index in [0.29, 0.717) is 5.92 Å². The van der Waals surface area contributed by atoms with Gasteiger partial charge in [0, 0.05) is 20.3 Å². The number of rotatable bonds is 6. The number of furan rings is 1. The van der Waals surface area contributed by atoms with Crippen LogP contribution in [0.15, 0.2) is 16.5 Å². The van der Waals surface area contributed by atoms with Crippen LogP contribution in [0.5, 0.6) is 0 Å². The minimum atomic E-state index is 0.536. The van der Waals surface area contributed by atoms with Gasteiger partial charge in [-0.25, -0.2) is 0 Å². The van der Waals surface area contributed by atoms with Crippen molar-refractivity contribution in [2.45, 2.75) is 13.5 Å². The zero-order valence-electron chi connectivity index (χ0n) is 8.55. The van der Waals surface area contributed by atoms with Crippen LogP contribution in [0.25, 0.3) is 0 Å². The average molecular weight is 309 g/mol. The van der Waals surface area contributed by atoms with Gasteiger partial charge in [-0.15, -0.1) is 0 Å². The summed E-state index contributed by atoms with van der Waals surface area (Å²) < 4.78 is 11.4. The summed E-state index contributed by atoms with van der Waals surface area (Å²) >= 11 is 2.16. The molecular formula is C10H16INO2. The van der Waals surface area contributed by atoms with Gasteiger partial charge in [0.2, 0.25) is 0 Å². The van der Waals surface area contributed by atoms with Crippen LogP contribution < -0.4 is 5.32 Å². The van der Waals surface area contributed by atoms with Crippen molar-refractivity contribution in [2.75, 3.05) is 20.3 Å². The molecule has 0 fully saturated rings. The minimum Gasteiger partial charge on any atom is -0.454 e. The van der Waals surface area contributed by atoms with Gasteiger partial charge >= 0.3 is 0 Å². The standard InChI is InChI=1S/C10H16INO2/c1-8(7-13-2)5-12-6-9-3-4-10(11)14-9/h3-4,8,12H,5-7H2,1-2H3. The van der Waals surface area contributed by atoms with E-state index in [4.69, 9.17) is 9.15 Å². The fraction of sp³-hybridized carbons (Fsp3) is 0.600. The summed E-state index contributed by atoms with van der Waals surface area (Å²) in [6.45, 7) is 4.69. The van der Waals surface area contributed by atoms with Crippen LogP contribution in [-0.4, -0.2) is 20.3 Å². The summed E-state index contributed by atoms with van der Waals surface area (Å²) in [5.74, 6) is 1.52. The summed E-state index contributed by atoms with van der Waals surface area (Å²) in [6, 6.07) is 3.96. The number of halogens is 1. The molecule has 80 valence electrons. The van der Waals surface area contributed by atoms with E-state index in [0.717, 1.165) is 29.2 Å². The van der Waals surface area contributed by atoms with Crippen LogP contribution in [0.1, 0.15) is 12.7 Å². The normalized spacial score (nSPS) is 13.1. The van der Waals surface area contributed by atoms with Crippen molar-refractivity contribution in [3.8, 4) is 0 Å². The van der Waals surface area contributed by atoms with Crippen molar-refractivity contribution in [2.24, 2.45) is 5.92 Å². The zero-order chi connectivity index (χ0) is 10.4. The second-order valence-corrected chi connectivity index (χ2v) is 4.46. The van der Waals surface area contributed by atoms with Crippen molar-refractivity contribution in [3.05, 3.63) is 21.7 Å². The molecule has 0 amide bonds. The Morgan fingerprint density at radius 1 is 1.57 bits per heavy atom. The van der Waals surface area contributed by atoms with Crippen LogP contribution >= 0.6 is 22.6 Å². The summed E-state index contributed by atoms with van der Waals surface area (Å²) in [5, 5.41) is 3.32. The number of nitrogens with one attached hydrogen (secondary N) is 1. The third-order valence-corrected chi connectivity index (χ3v) is 2.45. The lowest BCUT2D eigenvalue weighted by molar-refractivity contribution is 0.158. The van der Waals surface area contributed by atoms with E-state index >= 15 is 0 Å². The maximum Gasteiger partial charge on any atom is 0.164 e. The SMILES string of the molecule is COCC(C)CNCc1ccc(I)o1. The topological polar surface area (TPSA) is 34.4 Å². The Kier molecular flexibility index (Phi) is 5.50. The van der Waals surface area contributed by atoms with Crippen LogP contribution in [-0.2, 0) is 11.3 Å². The molecule has 0 bridgehead atoms. The molecule has 1 atom stereocenters. The van der Waals surface area contributed by atoms with Crippen molar-refractivity contribution < 1.29 is 9.15 Å². The minimum absolute atomic E-state index is 0.536. The molecule has 3 nitrogen and oxygen atoms in total. The third kappa shape index (κ3) is 4.43. The van der Waals surface area contributed by atoms with E-state index < -0.39 is 0 Å². The molecule has 0 aromatic carbocycles. The molecule has 0 radical (unpaired) electrons. The molecule has 0 saturated heterocycles. The van der Waals surface area contributed by atoms with Crippen LogP contribution in [0.4, 0.5) is 0 Å². The maximum atomic E-state index is 5.42. The van der Waals surface area contributed by atoms with Crippen molar-refractivity contribution in [3.63, 3.8) is 0 Å². The Bertz CT molecular complexity index is 262. The lowest BCUT2D eigenvalue weighted by Crippen LogP contribution is -2.23. The molecular weight excluding hydrogens is 293 g/mol. The monoisotopic (exact) mass is 309 g/mol. The van der Waals surface area contributed by atoms with Crippen molar-refractivity contribution in [1.82, 2.24) is 5.32 Å². The second-order valence-electron chi connectivity index (χ2n) is 3.40. The Labute approximate surface area is 98.3 Å². The Hall–Kier alpha value is -0.0700. The molecule has 0 aliphatic heterocycles. The largest absolute Gasteiger partial charge is 0.454 e. The highest BCUT2D eigenvalue weighted by Crippen LogP contribution is 2.09. The predicted octanol–water partition coefficient (Wildman–Crippen LogP) is 2.26. The van der Waals surface area contributed by atoms with Crippen LogP contribution in [0.3, 0.4) is 0 Å². The van der Waals surface area contributed by atoms with Gasteiger partial charge in [-0.1, -0.05) is 6.92 Å². The summed E-state index contributed by atoms with van der Waals surface area (Å²) in [5.41, 5.74) is 0. The lowest BCUT2D eigenvalue weighted by atomic mass is 10.2. The second kappa shape index (κ2) is 6.42. The smallest absolute Gasteiger partial charge is 0.164 e. The van der Waals surface area contributed by atoms with E-state index in [-0.39, 0.29) is 0 Å². The van der Waals surface area contributed by atoms with Gasteiger partial charge in [-0.2, -0.15) is 0 Å². The first-order chi connectivity index (χ1) is 6.72. The summed E-state index contributed by atoms with van der Waals surface area (Å²) in [4.78, 5) is 0. The number of hydrogen-bond donors (Lipinski definition) is 1. The van der Waals surface area contributed by atoms with E-state index in [1.165, 1.54) is 0 Å². The van der Waals surface area contributed by atoms with Crippen LogP contribution in [0, 0.1) is 9.68 Å². The van der Waals surface area contributed by atoms with Gasteiger partial charge in [-0.3, -0.25) is 0 Å².